The highest BCUT2D eigenvalue weighted by Crippen LogP contribution is 2.87. The summed E-state index contributed by atoms with van der Waals surface area (Å²) in [7, 11) is 0. The Morgan fingerprint density at radius 1 is 1.07 bits per heavy atom. The minimum absolute atomic E-state index is 0.0551. The van der Waals surface area contributed by atoms with E-state index in [0.717, 1.165) is 58.0 Å². The molecule has 11 atom stereocenters. The zero-order valence-electron chi connectivity index (χ0n) is 28.1. The molecule has 1 amide bonds. The fourth-order valence-corrected chi connectivity index (χ4v) is 13.1. The van der Waals surface area contributed by atoms with Crippen molar-refractivity contribution in [1.82, 2.24) is 10.2 Å². The van der Waals surface area contributed by atoms with Gasteiger partial charge >= 0.3 is 0 Å². The molecule has 2 aliphatic heterocycles. The van der Waals surface area contributed by atoms with Crippen molar-refractivity contribution in [2.45, 2.75) is 122 Å². The third-order valence-corrected chi connectivity index (χ3v) is 15.3. The maximum Gasteiger partial charge on any atom is 0.220 e. The van der Waals surface area contributed by atoms with Crippen molar-refractivity contribution in [2.75, 3.05) is 19.6 Å². The number of ketones is 1. The zero-order valence-corrected chi connectivity index (χ0v) is 28.1. The lowest BCUT2D eigenvalue weighted by molar-refractivity contribution is -0.148. The predicted molar refractivity (Wildman–Crippen MR) is 176 cm³/mol. The smallest absolute Gasteiger partial charge is 0.220 e. The Hall–Kier alpha value is -2.02. The summed E-state index contributed by atoms with van der Waals surface area (Å²) in [4.78, 5) is 27.8. The van der Waals surface area contributed by atoms with Gasteiger partial charge in [-0.15, -0.1) is 0 Å². The Labute approximate surface area is 270 Å². The Kier molecular flexibility index (Phi) is 6.90. The first-order chi connectivity index (χ1) is 21.5. The number of nitrogens with one attached hydrogen (secondary N) is 1. The Bertz CT molecular complexity index is 1410. The van der Waals surface area contributed by atoms with Crippen molar-refractivity contribution >= 4 is 11.7 Å². The number of ether oxygens (including phenoxy) is 1. The molecule has 2 saturated heterocycles. The molecule has 6 fully saturated rings. The van der Waals surface area contributed by atoms with Gasteiger partial charge < -0.3 is 15.8 Å². The van der Waals surface area contributed by atoms with Gasteiger partial charge in [-0.3, -0.25) is 14.5 Å². The molecular weight excluding hydrogens is 558 g/mol. The topological polar surface area (TPSA) is 84.7 Å². The van der Waals surface area contributed by atoms with Gasteiger partial charge in [0.05, 0.1) is 11.7 Å². The fraction of sp³-hybridized carbons (Fsp3) is 0.744. The van der Waals surface area contributed by atoms with Gasteiger partial charge in [0.15, 0.2) is 5.78 Å². The van der Waals surface area contributed by atoms with Crippen molar-refractivity contribution in [3.05, 3.63) is 47.5 Å². The number of aryl methyl sites for hydroxylation is 1. The maximum atomic E-state index is 12.7. The summed E-state index contributed by atoms with van der Waals surface area (Å²) in [6.07, 6.45) is 13.2. The summed E-state index contributed by atoms with van der Waals surface area (Å²) in [5, 5.41) is 3.24. The molecule has 8 rings (SSSR count). The Morgan fingerprint density at radius 2 is 1.87 bits per heavy atom. The molecule has 3 N–H and O–H groups in total. The minimum Gasteiger partial charge on any atom is -0.369 e. The quantitative estimate of drug-likeness (QED) is 0.422. The number of nitrogens with zero attached hydrogens (tertiary/aromatic N) is 1. The van der Waals surface area contributed by atoms with Gasteiger partial charge in [-0.25, -0.2) is 0 Å². The van der Waals surface area contributed by atoms with Crippen LogP contribution in [-0.2, 0) is 20.7 Å². The zero-order chi connectivity index (χ0) is 31.4. The molecule has 5 aliphatic carbocycles. The highest BCUT2D eigenvalue weighted by atomic mass is 16.5. The molecule has 244 valence electrons. The molecule has 2 unspecified atom stereocenters. The molecule has 45 heavy (non-hydrogen) atoms. The van der Waals surface area contributed by atoms with E-state index in [1.807, 2.05) is 24.3 Å². The van der Waals surface area contributed by atoms with E-state index in [-0.39, 0.29) is 39.4 Å². The van der Waals surface area contributed by atoms with E-state index in [1.54, 1.807) is 0 Å². The summed E-state index contributed by atoms with van der Waals surface area (Å²) >= 11 is 0. The van der Waals surface area contributed by atoms with Crippen molar-refractivity contribution in [3.8, 4) is 0 Å². The number of nitrogens with two attached hydrogens (primary N) is 1. The molecular formula is C39H55N3O3. The number of fused-ring (bicyclic) bond motifs is 6. The third kappa shape index (κ3) is 4.10. The number of likely N-dealkylation sites (tertiary alicyclic amines) is 1. The first kappa shape index (κ1) is 30.3. The number of hydrogen-bond donors (Lipinski definition) is 2. The van der Waals surface area contributed by atoms with Crippen LogP contribution in [0.3, 0.4) is 0 Å². The monoisotopic (exact) mass is 613 g/mol. The first-order valence-corrected chi connectivity index (χ1v) is 18.2. The van der Waals surface area contributed by atoms with Gasteiger partial charge in [-0.2, -0.15) is 0 Å². The lowest BCUT2D eigenvalue weighted by Crippen LogP contribution is -2.61. The number of carbonyl (C=O) groups is 2. The molecule has 0 aromatic heterocycles. The number of rotatable bonds is 6. The highest BCUT2D eigenvalue weighted by molar-refractivity contribution is 5.91. The summed E-state index contributed by atoms with van der Waals surface area (Å²) in [6, 6.07) is 10.7. The second-order valence-corrected chi connectivity index (χ2v) is 17.1. The van der Waals surface area contributed by atoms with E-state index >= 15 is 0 Å². The Morgan fingerprint density at radius 3 is 2.67 bits per heavy atom. The van der Waals surface area contributed by atoms with Crippen molar-refractivity contribution < 1.29 is 14.3 Å². The van der Waals surface area contributed by atoms with Crippen LogP contribution in [-0.4, -0.2) is 59.5 Å². The predicted octanol–water partition coefficient (Wildman–Crippen LogP) is 5.83. The largest absolute Gasteiger partial charge is 0.369 e. The van der Waals surface area contributed by atoms with Crippen LogP contribution in [0.2, 0.25) is 0 Å². The average molecular weight is 614 g/mol. The summed E-state index contributed by atoms with van der Waals surface area (Å²) in [5.41, 5.74) is 10.3. The number of carbonyl (C=O) groups excluding carboxylic acids is 2. The molecule has 7 aliphatic rings. The fourth-order valence-electron chi connectivity index (χ4n) is 13.1. The third-order valence-electron chi connectivity index (χ3n) is 15.3. The number of benzene rings is 1. The molecule has 4 saturated carbocycles. The highest BCUT2D eigenvalue weighted by Gasteiger charge is 2.86. The van der Waals surface area contributed by atoms with Crippen LogP contribution >= 0.6 is 0 Å². The van der Waals surface area contributed by atoms with E-state index in [1.165, 1.54) is 24.0 Å². The van der Waals surface area contributed by atoms with Crippen molar-refractivity contribution in [1.29, 1.82) is 0 Å². The van der Waals surface area contributed by atoms with Gasteiger partial charge in [-0.1, -0.05) is 63.6 Å². The van der Waals surface area contributed by atoms with Gasteiger partial charge in [0.25, 0.3) is 0 Å². The Balaban J connectivity index is 0.990. The van der Waals surface area contributed by atoms with E-state index in [9.17, 15) is 9.59 Å². The second-order valence-electron chi connectivity index (χ2n) is 17.1. The van der Waals surface area contributed by atoms with Crippen LogP contribution in [0, 0.1) is 39.9 Å². The molecule has 1 aromatic carbocycles. The SMILES string of the molecule is C[C@H]1C[C@H]2O[C@]3(CC[C@H]4[C@@H]5CCC6=CC(=O)CC[C@]6(C)[C@@]5(N)CC45CC53C)[C@H](C)[C@@H]2N(CCNC(=O)CCc2ccccc2)C1. The number of piperidine rings is 1. The average Bonchev–Trinajstić information content (AvgIpc) is 3.40. The van der Waals surface area contributed by atoms with E-state index in [0.29, 0.717) is 54.9 Å². The minimum atomic E-state index is -0.223. The van der Waals surface area contributed by atoms with Gasteiger partial charge in [0.2, 0.25) is 5.91 Å². The molecule has 6 nitrogen and oxygen atoms in total. The van der Waals surface area contributed by atoms with E-state index in [2.05, 4.69) is 50.0 Å². The molecule has 1 aromatic rings. The second kappa shape index (κ2) is 10.2. The van der Waals surface area contributed by atoms with Gasteiger partial charge in [0, 0.05) is 60.8 Å². The maximum absolute atomic E-state index is 12.7. The number of amides is 1. The molecule has 2 spiro atoms. The summed E-state index contributed by atoms with van der Waals surface area (Å²) in [5.74, 6) is 2.70. The molecule has 0 bridgehead atoms. The standard InChI is InChI=1S/C39H55N3O3/c1-25-20-32-34(42(22-25)19-18-41-33(44)13-10-27-8-6-5-7-9-27)26(2)39(45-32)17-15-30-31-12-11-28-21-29(43)14-16-35(28,3)38(31,40)24-37(30)23-36(37,39)4/h5-9,21,25-26,30-32,34H,10-20,22-24,40H2,1-4H3,(H,41,44)/t25-,26+,30-,31-,32+,34-,35-,36?,37?,38+,39+/m0/s1. The molecule has 2 heterocycles. The lowest BCUT2D eigenvalue weighted by atomic mass is 9.52. The lowest BCUT2D eigenvalue weighted by Gasteiger charge is -2.55. The van der Waals surface area contributed by atoms with Crippen LogP contribution in [0.4, 0.5) is 0 Å². The van der Waals surface area contributed by atoms with Crippen LogP contribution in [0.1, 0.15) is 97.5 Å². The summed E-state index contributed by atoms with van der Waals surface area (Å²) in [6.45, 7) is 12.5. The van der Waals surface area contributed by atoms with E-state index < -0.39 is 0 Å². The molecule has 0 radical (unpaired) electrons. The summed E-state index contributed by atoms with van der Waals surface area (Å²) < 4.78 is 7.49. The van der Waals surface area contributed by atoms with E-state index in [4.69, 9.17) is 10.5 Å². The van der Waals surface area contributed by atoms with Crippen LogP contribution in [0.25, 0.3) is 0 Å². The van der Waals surface area contributed by atoms with Crippen LogP contribution < -0.4 is 11.1 Å². The van der Waals surface area contributed by atoms with Crippen molar-refractivity contribution in [2.24, 2.45) is 45.7 Å². The molecule has 6 heteroatoms. The number of allylic oxidation sites excluding steroid dienone is 1. The van der Waals surface area contributed by atoms with Gasteiger partial charge in [-0.05, 0) is 92.6 Å². The van der Waals surface area contributed by atoms with Crippen LogP contribution in [0.15, 0.2) is 42.0 Å². The van der Waals surface area contributed by atoms with Crippen molar-refractivity contribution in [3.63, 3.8) is 0 Å². The normalized spacial score (nSPS) is 48.1. The van der Waals surface area contributed by atoms with Gasteiger partial charge in [0.1, 0.15) is 0 Å². The van der Waals surface area contributed by atoms with Crippen LogP contribution in [0.5, 0.6) is 0 Å². The number of hydrogen-bond acceptors (Lipinski definition) is 5. The first-order valence-electron chi connectivity index (χ1n) is 18.2.